The summed E-state index contributed by atoms with van der Waals surface area (Å²) in [7, 11) is 3.10. The van der Waals surface area contributed by atoms with Crippen LogP contribution < -0.4 is 20.1 Å². The van der Waals surface area contributed by atoms with Crippen LogP contribution in [-0.4, -0.2) is 19.3 Å². The van der Waals surface area contributed by atoms with Crippen molar-refractivity contribution in [3.8, 4) is 17.6 Å². The van der Waals surface area contributed by atoms with Crippen LogP contribution in [0, 0.1) is 17.2 Å². The number of rotatable bonds is 9. The summed E-state index contributed by atoms with van der Waals surface area (Å²) in [4.78, 5) is 0. The number of nitriles is 1. The van der Waals surface area contributed by atoms with E-state index in [1.165, 1.54) is 56.9 Å². The van der Waals surface area contributed by atoms with Gasteiger partial charge in [0.2, 0.25) is 0 Å². The zero-order valence-electron chi connectivity index (χ0n) is 19.9. The van der Waals surface area contributed by atoms with E-state index in [0.717, 1.165) is 11.6 Å². The number of benzene rings is 2. The molecule has 0 unspecified atom stereocenters. The topological polar surface area (TPSA) is 66.3 Å². The average molecular weight is 466 g/mol. The van der Waals surface area contributed by atoms with E-state index in [1.807, 2.05) is 0 Å². The lowest BCUT2D eigenvalue weighted by Gasteiger charge is -2.29. The van der Waals surface area contributed by atoms with Crippen molar-refractivity contribution >= 4 is 28.7 Å². The lowest BCUT2D eigenvalue weighted by Crippen LogP contribution is -2.20. The molecule has 5 nitrogen and oxygen atoms in total. The predicted molar refractivity (Wildman–Crippen MR) is 139 cm³/mol. The van der Waals surface area contributed by atoms with Gasteiger partial charge in [-0.3, -0.25) is 0 Å². The fourth-order valence-corrected chi connectivity index (χ4v) is 4.89. The summed E-state index contributed by atoms with van der Waals surface area (Å²) < 4.78 is 10.6. The van der Waals surface area contributed by atoms with Crippen molar-refractivity contribution in [2.24, 2.45) is 5.92 Å². The molecule has 3 rings (SSSR count). The second-order valence-electron chi connectivity index (χ2n) is 8.78. The molecule has 0 heterocycles. The van der Waals surface area contributed by atoms with Crippen LogP contribution in [0.5, 0.6) is 11.5 Å². The third-order valence-corrected chi connectivity index (χ3v) is 6.80. The van der Waals surface area contributed by atoms with Crippen LogP contribution in [0.3, 0.4) is 0 Å². The SMILES string of the molecule is CCCCCC1CCC(c2ccc(NC(=S)Nc3cc(OC)c(OC)cc3C#N)cc2)CC1. The van der Waals surface area contributed by atoms with Gasteiger partial charge in [0.25, 0.3) is 0 Å². The Morgan fingerprint density at radius 1 is 1.00 bits per heavy atom. The minimum atomic E-state index is 0.416. The third-order valence-electron chi connectivity index (χ3n) is 6.59. The Morgan fingerprint density at radius 2 is 1.67 bits per heavy atom. The molecule has 176 valence electrons. The van der Waals surface area contributed by atoms with Gasteiger partial charge in [0, 0.05) is 17.8 Å². The molecule has 1 fully saturated rings. The summed E-state index contributed by atoms with van der Waals surface area (Å²) in [6, 6.07) is 14.1. The zero-order chi connectivity index (χ0) is 23.6. The molecule has 2 N–H and O–H groups in total. The van der Waals surface area contributed by atoms with Gasteiger partial charge >= 0.3 is 0 Å². The molecule has 0 aromatic heterocycles. The van der Waals surface area contributed by atoms with Gasteiger partial charge in [-0.25, -0.2) is 0 Å². The summed E-state index contributed by atoms with van der Waals surface area (Å²) in [5.41, 5.74) is 3.33. The molecule has 0 aliphatic heterocycles. The predicted octanol–water partition coefficient (Wildman–Crippen LogP) is 7.24. The number of anilines is 2. The van der Waals surface area contributed by atoms with Gasteiger partial charge in [0.05, 0.1) is 25.5 Å². The van der Waals surface area contributed by atoms with Crippen LogP contribution in [-0.2, 0) is 0 Å². The molecule has 1 saturated carbocycles. The molecule has 0 bridgehead atoms. The van der Waals surface area contributed by atoms with Crippen LogP contribution in [0.1, 0.15) is 75.3 Å². The molecule has 33 heavy (non-hydrogen) atoms. The van der Waals surface area contributed by atoms with Crippen LogP contribution in [0.2, 0.25) is 0 Å². The van der Waals surface area contributed by atoms with Gasteiger partial charge in [0.15, 0.2) is 16.6 Å². The molecule has 0 amide bonds. The van der Waals surface area contributed by atoms with Gasteiger partial charge in [-0.05, 0) is 67.4 Å². The lowest BCUT2D eigenvalue weighted by atomic mass is 9.77. The number of methoxy groups -OCH3 is 2. The number of hydrogen-bond donors (Lipinski definition) is 2. The van der Waals surface area contributed by atoms with Crippen LogP contribution >= 0.6 is 12.2 Å². The van der Waals surface area contributed by atoms with Crippen molar-refractivity contribution in [2.45, 2.75) is 64.2 Å². The Morgan fingerprint density at radius 3 is 2.27 bits per heavy atom. The second kappa shape index (κ2) is 12.5. The van der Waals surface area contributed by atoms with Crippen LogP contribution in [0.25, 0.3) is 0 Å². The largest absolute Gasteiger partial charge is 0.493 e. The van der Waals surface area contributed by atoms with Gasteiger partial charge < -0.3 is 20.1 Å². The maximum Gasteiger partial charge on any atom is 0.175 e. The quantitative estimate of drug-likeness (QED) is 0.301. The van der Waals surface area contributed by atoms with E-state index in [9.17, 15) is 5.26 Å². The minimum Gasteiger partial charge on any atom is -0.493 e. The van der Waals surface area contributed by atoms with E-state index in [4.69, 9.17) is 21.7 Å². The fraction of sp³-hybridized carbons (Fsp3) is 0.481. The number of nitrogens with one attached hydrogen (secondary N) is 2. The Hall–Kier alpha value is -2.78. The minimum absolute atomic E-state index is 0.416. The third kappa shape index (κ3) is 6.85. The van der Waals surface area contributed by atoms with Gasteiger partial charge in [-0.2, -0.15) is 5.26 Å². The molecule has 1 aliphatic carbocycles. The number of hydrogen-bond acceptors (Lipinski definition) is 4. The first kappa shape index (κ1) is 24.9. The van der Waals surface area contributed by atoms with Crippen LogP contribution in [0.15, 0.2) is 36.4 Å². The molecular weight excluding hydrogens is 430 g/mol. The smallest absolute Gasteiger partial charge is 0.175 e. The van der Waals surface area contributed by atoms with Gasteiger partial charge in [0.1, 0.15) is 6.07 Å². The number of thiocarbonyl (C=S) groups is 1. The van der Waals surface area contributed by atoms with E-state index in [0.29, 0.717) is 33.8 Å². The van der Waals surface area contributed by atoms with E-state index >= 15 is 0 Å². The Balaban J connectivity index is 1.55. The maximum absolute atomic E-state index is 9.48. The van der Waals surface area contributed by atoms with Gasteiger partial charge in [-0.1, -0.05) is 44.7 Å². The van der Waals surface area contributed by atoms with Gasteiger partial charge in [-0.15, -0.1) is 0 Å². The first-order valence-corrected chi connectivity index (χ1v) is 12.3. The molecule has 0 atom stereocenters. The molecule has 0 spiro atoms. The van der Waals surface area contributed by atoms with Crippen LogP contribution in [0.4, 0.5) is 11.4 Å². The first-order chi connectivity index (χ1) is 16.1. The number of ether oxygens (including phenoxy) is 2. The normalized spacial score (nSPS) is 17.6. The van der Waals surface area contributed by atoms with Crippen molar-refractivity contribution in [3.05, 3.63) is 47.5 Å². The summed E-state index contributed by atoms with van der Waals surface area (Å²) >= 11 is 5.48. The Bertz CT molecular complexity index is 961. The standard InChI is InChI=1S/C27H35N3O2S/c1-4-5-6-7-19-8-10-20(11-9-19)21-12-14-23(15-13-21)29-27(33)30-24-17-26(32-3)25(31-2)16-22(24)18-28/h12-17,19-20H,4-11H2,1-3H3,(H2,29,30,33). The molecule has 6 heteroatoms. The average Bonchev–Trinajstić information content (AvgIpc) is 2.84. The molecular formula is C27H35N3O2S. The monoisotopic (exact) mass is 465 g/mol. The highest BCUT2D eigenvalue weighted by Gasteiger charge is 2.22. The summed E-state index contributed by atoms with van der Waals surface area (Å²) in [6.07, 6.45) is 10.8. The maximum atomic E-state index is 9.48. The Kier molecular flexibility index (Phi) is 9.38. The van der Waals surface area contributed by atoms with Crippen molar-refractivity contribution < 1.29 is 9.47 Å². The van der Waals surface area contributed by atoms with Crippen molar-refractivity contribution in [2.75, 3.05) is 24.9 Å². The number of nitrogens with zero attached hydrogens (tertiary/aromatic N) is 1. The summed E-state index contributed by atoms with van der Waals surface area (Å²) in [6.45, 7) is 2.28. The highest BCUT2D eigenvalue weighted by Crippen LogP contribution is 2.38. The van der Waals surface area contributed by atoms with Crippen molar-refractivity contribution in [3.63, 3.8) is 0 Å². The zero-order valence-corrected chi connectivity index (χ0v) is 20.8. The lowest BCUT2D eigenvalue weighted by molar-refractivity contribution is 0.303. The van der Waals surface area contributed by atoms with E-state index in [-0.39, 0.29) is 0 Å². The second-order valence-corrected chi connectivity index (χ2v) is 9.19. The number of unbranched alkanes of at least 4 members (excludes halogenated alkanes) is 2. The fourth-order valence-electron chi connectivity index (χ4n) is 4.67. The van der Waals surface area contributed by atoms with E-state index in [2.05, 4.69) is 47.9 Å². The van der Waals surface area contributed by atoms with Crippen molar-refractivity contribution in [1.29, 1.82) is 5.26 Å². The summed E-state index contributed by atoms with van der Waals surface area (Å²) in [5.74, 6) is 2.62. The molecule has 0 saturated heterocycles. The highest BCUT2D eigenvalue weighted by atomic mass is 32.1. The van der Waals surface area contributed by atoms with E-state index in [1.54, 1.807) is 26.4 Å². The summed E-state index contributed by atoms with van der Waals surface area (Å²) in [5, 5.41) is 16.2. The highest BCUT2D eigenvalue weighted by molar-refractivity contribution is 7.80. The van der Waals surface area contributed by atoms with Crippen molar-refractivity contribution in [1.82, 2.24) is 0 Å². The molecule has 2 aromatic carbocycles. The molecule has 0 radical (unpaired) electrons. The van der Waals surface area contributed by atoms with E-state index < -0.39 is 0 Å². The Labute approximate surface area is 203 Å². The molecule has 2 aromatic rings. The molecule has 1 aliphatic rings. The first-order valence-electron chi connectivity index (χ1n) is 11.9.